The molecule has 3 rings (SSSR count). The number of rotatable bonds is 13. The Kier molecular flexibility index (Phi) is 11.1. The van der Waals surface area contributed by atoms with Gasteiger partial charge in [0, 0.05) is 17.6 Å². The number of carbonyl (C=O) groups is 2. The monoisotopic (exact) mass is 613 g/mol. The van der Waals surface area contributed by atoms with Gasteiger partial charge in [0.1, 0.15) is 12.6 Å². The van der Waals surface area contributed by atoms with Gasteiger partial charge in [0.15, 0.2) is 0 Å². The average molecular weight is 615 g/mol. The number of benzene rings is 3. The van der Waals surface area contributed by atoms with E-state index in [1.165, 1.54) is 4.90 Å². The van der Waals surface area contributed by atoms with Crippen LogP contribution in [-0.4, -0.2) is 44.3 Å². The third-order valence-corrected chi connectivity index (χ3v) is 8.73. The van der Waals surface area contributed by atoms with Crippen molar-refractivity contribution in [1.29, 1.82) is 0 Å². The first-order chi connectivity index (χ1) is 18.7. The molecule has 3 aromatic rings. The van der Waals surface area contributed by atoms with E-state index in [4.69, 9.17) is 0 Å². The molecule has 1 N–H and O–H groups in total. The van der Waals surface area contributed by atoms with E-state index in [0.29, 0.717) is 18.7 Å². The molecule has 0 heterocycles. The van der Waals surface area contributed by atoms with Crippen LogP contribution in [0.25, 0.3) is 0 Å². The number of nitrogens with zero attached hydrogens (tertiary/aromatic N) is 2. The highest BCUT2D eigenvalue weighted by molar-refractivity contribution is 9.10. The molecule has 9 heteroatoms. The van der Waals surface area contributed by atoms with Gasteiger partial charge in [0.2, 0.25) is 11.8 Å². The minimum absolute atomic E-state index is 0.0859. The fourth-order valence-corrected chi connectivity index (χ4v) is 5.86. The second-order valence-electron chi connectivity index (χ2n) is 9.38. The summed E-state index contributed by atoms with van der Waals surface area (Å²) in [7, 11) is -4.09. The normalized spacial score (nSPS) is 12.0. The molecule has 0 saturated heterocycles. The highest BCUT2D eigenvalue weighted by Gasteiger charge is 2.33. The lowest BCUT2D eigenvalue weighted by Crippen LogP contribution is -2.52. The van der Waals surface area contributed by atoms with Crippen molar-refractivity contribution in [2.24, 2.45) is 0 Å². The maximum atomic E-state index is 14.0. The van der Waals surface area contributed by atoms with Crippen LogP contribution in [-0.2, 0) is 26.2 Å². The van der Waals surface area contributed by atoms with Crippen LogP contribution in [0.2, 0.25) is 0 Å². The van der Waals surface area contributed by atoms with Gasteiger partial charge in [-0.15, -0.1) is 0 Å². The maximum Gasteiger partial charge on any atom is 0.264 e. The summed E-state index contributed by atoms with van der Waals surface area (Å²) < 4.78 is 29.6. The summed E-state index contributed by atoms with van der Waals surface area (Å²) in [6, 6.07) is 22.0. The lowest BCUT2D eigenvalue weighted by molar-refractivity contribution is -0.140. The molecule has 1 atom stereocenters. The van der Waals surface area contributed by atoms with E-state index < -0.39 is 28.5 Å². The zero-order chi connectivity index (χ0) is 28.4. The van der Waals surface area contributed by atoms with Crippen LogP contribution in [0.15, 0.2) is 88.2 Å². The van der Waals surface area contributed by atoms with Crippen LogP contribution in [0.5, 0.6) is 0 Å². The highest BCUT2D eigenvalue weighted by Crippen LogP contribution is 2.26. The zero-order valence-electron chi connectivity index (χ0n) is 22.6. The van der Waals surface area contributed by atoms with E-state index in [9.17, 15) is 18.0 Å². The number of unbranched alkanes of at least 4 members (excludes halogenated alkanes) is 1. The van der Waals surface area contributed by atoms with Gasteiger partial charge < -0.3 is 10.2 Å². The lowest BCUT2D eigenvalue weighted by Gasteiger charge is -2.33. The van der Waals surface area contributed by atoms with E-state index in [0.717, 1.165) is 32.7 Å². The predicted octanol–water partition coefficient (Wildman–Crippen LogP) is 5.68. The smallest absolute Gasteiger partial charge is 0.264 e. The van der Waals surface area contributed by atoms with Crippen LogP contribution >= 0.6 is 15.9 Å². The Labute approximate surface area is 240 Å². The van der Waals surface area contributed by atoms with Crippen molar-refractivity contribution in [2.75, 3.05) is 17.4 Å². The van der Waals surface area contributed by atoms with Gasteiger partial charge >= 0.3 is 0 Å². The molecule has 0 saturated carbocycles. The van der Waals surface area contributed by atoms with E-state index in [1.54, 1.807) is 48.5 Å². The second kappa shape index (κ2) is 14.3. The molecule has 0 aliphatic rings. The number of nitrogens with one attached hydrogen (secondary N) is 1. The first-order valence-corrected chi connectivity index (χ1v) is 15.4. The molecule has 3 aromatic carbocycles. The first-order valence-electron chi connectivity index (χ1n) is 13.1. The Balaban J connectivity index is 2.01. The van der Waals surface area contributed by atoms with Crippen LogP contribution in [0.3, 0.4) is 0 Å². The van der Waals surface area contributed by atoms with Crippen molar-refractivity contribution in [3.63, 3.8) is 0 Å². The van der Waals surface area contributed by atoms with Gasteiger partial charge in [0.05, 0.1) is 10.6 Å². The Morgan fingerprint density at radius 1 is 0.923 bits per heavy atom. The van der Waals surface area contributed by atoms with Gasteiger partial charge in [-0.2, -0.15) is 0 Å². The summed E-state index contributed by atoms with van der Waals surface area (Å²) in [5, 5.41) is 2.94. The Hall–Kier alpha value is -3.17. The van der Waals surface area contributed by atoms with Crippen molar-refractivity contribution in [3.8, 4) is 0 Å². The summed E-state index contributed by atoms with van der Waals surface area (Å²) in [5.41, 5.74) is 2.13. The molecule has 0 spiro atoms. The summed E-state index contributed by atoms with van der Waals surface area (Å²) in [6.45, 7) is 6.02. The third kappa shape index (κ3) is 8.16. The fourth-order valence-electron chi connectivity index (χ4n) is 4.18. The fraction of sp³-hybridized carbons (Fsp3) is 0.333. The zero-order valence-corrected chi connectivity index (χ0v) is 25.0. The van der Waals surface area contributed by atoms with Crippen molar-refractivity contribution in [2.45, 2.75) is 57.5 Å². The molecule has 0 bridgehead atoms. The number of halogens is 1. The molecule has 0 fully saturated rings. The molecule has 39 heavy (non-hydrogen) atoms. The van der Waals surface area contributed by atoms with Gasteiger partial charge in [-0.05, 0) is 61.7 Å². The Bertz CT molecular complexity index is 1330. The predicted molar refractivity (Wildman–Crippen MR) is 159 cm³/mol. The molecular weight excluding hydrogens is 578 g/mol. The molecule has 1 unspecified atom stereocenters. The van der Waals surface area contributed by atoms with Crippen molar-refractivity contribution in [3.05, 3.63) is 94.5 Å². The number of sulfonamides is 1. The maximum absolute atomic E-state index is 14.0. The van der Waals surface area contributed by atoms with Gasteiger partial charge in [-0.1, -0.05) is 84.2 Å². The second-order valence-corrected chi connectivity index (χ2v) is 12.2. The quantitative estimate of drug-likeness (QED) is 0.251. The van der Waals surface area contributed by atoms with Crippen LogP contribution in [0.1, 0.15) is 44.2 Å². The number of hydrogen-bond acceptors (Lipinski definition) is 4. The number of amides is 2. The molecule has 7 nitrogen and oxygen atoms in total. The molecular formula is C30H36BrN3O4S. The van der Waals surface area contributed by atoms with Gasteiger partial charge in [-0.25, -0.2) is 8.42 Å². The van der Waals surface area contributed by atoms with Crippen LogP contribution in [0, 0.1) is 6.92 Å². The largest absolute Gasteiger partial charge is 0.354 e. The van der Waals surface area contributed by atoms with Gasteiger partial charge in [-0.3, -0.25) is 13.9 Å². The SMILES string of the molecule is CCCCNC(=O)C(CC)N(Cc1ccccc1)C(=O)CN(c1ccc(Br)cc1)S(=O)(=O)c1ccc(C)cc1. The number of aryl methyl sites for hydroxylation is 1. The minimum atomic E-state index is -4.09. The molecule has 0 aromatic heterocycles. The lowest BCUT2D eigenvalue weighted by atomic mass is 10.1. The highest BCUT2D eigenvalue weighted by atomic mass is 79.9. The van der Waals surface area contributed by atoms with E-state index in [2.05, 4.69) is 21.2 Å². The van der Waals surface area contributed by atoms with Crippen LogP contribution < -0.4 is 9.62 Å². The average Bonchev–Trinajstić information content (AvgIpc) is 2.93. The minimum Gasteiger partial charge on any atom is -0.354 e. The summed E-state index contributed by atoms with van der Waals surface area (Å²) in [6.07, 6.45) is 2.16. The summed E-state index contributed by atoms with van der Waals surface area (Å²) >= 11 is 3.39. The van der Waals surface area contributed by atoms with Crippen LogP contribution in [0.4, 0.5) is 5.69 Å². The Morgan fingerprint density at radius 2 is 1.56 bits per heavy atom. The standard InChI is InChI=1S/C30H36BrN3O4S/c1-4-6-20-32-30(36)28(5-2)33(21-24-10-8-7-9-11-24)29(35)22-34(26-16-14-25(31)15-17-26)39(37,38)27-18-12-23(3)13-19-27/h7-19,28H,4-6,20-22H2,1-3H3,(H,32,36). The number of carbonyl (C=O) groups excluding carboxylic acids is 2. The Morgan fingerprint density at radius 3 is 2.15 bits per heavy atom. The first kappa shape index (κ1) is 30.4. The number of anilines is 1. The molecule has 0 aliphatic carbocycles. The third-order valence-electron chi connectivity index (χ3n) is 6.41. The molecule has 208 valence electrons. The van der Waals surface area contributed by atoms with E-state index in [1.807, 2.05) is 51.1 Å². The topological polar surface area (TPSA) is 86.8 Å². The molecule has 2 amide bonds. The van der Waals surface area contributed by atoms with E-state index in [-0.39, 0.29) is 17.3 Å². The molecule has 0 aliphatic heterocycles. The summed E-state index contributed by atoms with van der Waals surface area (Å²) in [5.74, 6) is -0.707. The summed E-state index contributed by atoms with van der Waals surface area (Å²) in [4.78, 5) is 28.8. The number of hydrogen-bond donors (Lipinski definition) is 1. The van der Waals surface area contributed by atoms with Crippen molar-refractivity contribution in [1.82, 2.24) is 10.2 Å². The van der Waals surface area contributed by atoms with Crippen molar-refractivity contribution < 1.29 is 18.0 Å². The van der Waals surface area contributed by atoms with Crippen molar-refractivity contribution >= 4 is 43.5 Å². The molecule has 0 radical (unpaired) electrons. The van der Waals surface area contributed by atoms with Gasteiger partial charge in [0.25, 0.3) is 10.0 Å². The van der Waals surface area contributed by atoms with E-state index >= 15 is 0 Å².